The molecule has 0 spiro atoms. The zero-order valence-electron chi connectivity index (χ0n) is 11.0. The van der Waals surface area contributed by atoms with Crippen molar-refractivity contribution in [3.8, 4) is 0 Å². The molecule has 0 unspecified atom stereocenters. The Bertz CT molecular complexity index is 421. The monoisotopic (exact) mass is 273 g/mol. The van der Waals surface area contributed by atoms with Crippen LogP contribution in [-0.2, 0) is 9.84 Å². The largest absolute Gasteiger partial charge is 0.370 e. The first-order chi connectivity index (χ1) is 8.43. The van der Waals surface area contributed by atoms with Gasteiger partial charge in [0.25, 0.3) is 0 Å². The molecule has 0 bridgehead atoms. The fraction of sp³-hybridized carbons (Fsp3) is 0.917. The number of guanidine groups is 1. The third-order valence-corrected chi connectivity index (χ3v) is 6.41. The molecular formula is C12H23N3O2S. The van der Waals surface area contributed by atoms with E-state index in [2.05, 4.69) is 10.3 Å². The van der Waals surface area contributed by atoms with Crippen LogP contribution in [0.2, 0.25) is 0 Å². The number of nitrogens with two attached hydrogens (primary N) is 1. The lowest BCUT2D eigenvalue weighted by atomic mass is 9.84. The molecule has 2 fully saturated rings. The summed E-state index contributed by atoms with van der Waals surface area (Å²) in [6, 6.07) is 0.421. The van der Waals surface area contributed by atoms with Crippen molar-refractivity contribution < 1.29 is 8.42 Å². The molecule has 0 saturated heterocycles. The highest BCUT2D eigenvalue weighted by Crippen LogP contribution is 2.39. The van der Waals surface area contributed by atoms with E-state index in [1.54, 1.807) is 0 Å². The molecular weight excluding hydrogens is 250 g/mol. The van der Waals surface area contributed by atoms with Gasteiger partial charge in [-0.1, -0.05) is 19.3 Å². The van der Waals surface area contributed by atoms with Gasteiger partial charge >= 0.3 is 0 Å². The molecule has 0 heterocycles. The van der Waals surface area contributed by atoms with Crippen LogP contribution in [0.15, 0.2) is 4.99 Å². The van der Waals surface area contributed by atoms with Gasteiger partial charge in [0.05, 0.1) is 11.3 Å². The standard InChI is InChI=1S/C12H23N3O2S/c1-18(16,17)12(7-4-8-12)9-14-11(13)15-10-5-2-3-6-10/h10H,2-9H2,1H3,(H3,13,14,15). The number of aliphatic imine (C=N–C) groups is 1. The summed E-state index contributed by atoms with van der Waals surface area (Å²) in [4.78, 5) is 4.25. The number of rotatable bonds is 4. The van der Waals surface area contributed by atoms with Crippen LogP contribution in [0.1, 0.15) is 44.9 Å². The lowest BCUT2D eigenvalue weighted by Gasteiger charge is -2.38. The van der Waals surface area contributed by atoms with Crippen LogP contribution in [0.4, 0.5) is 0 Å². The third-order valence-electron chi connectivity index (χ3n) is 4.30. The van der Waals surface area contributed by atoms with Crippen molar-refractivity contribution in [1.82, 2.24) is 5.32 Å². The molecule has 0 aromatic heterocycles. The quantitative estimate of drug-likeness (QED) is 0.586. The molecule has 2 saturated carbocycles. The molecule has 0 atom stereocenters. The van der Waals surface area contributed by atoms with E-state index in [9.17, 15) is 8.42 Å². The normalized spacial score (nSPS) is 24.8. The van der Waals surface area contributed by atoms with Gasteiger partial charge in [-0.05, 0) is 25.7 Å². The van der Waals surface area contributed by atoms with E-state index in [0.717, 1.165) is 19.3 Å². The summed E-state index contributed by atoms with van der Waals surface area (Å²) in [6.07, 6.45) is 8.44. The molecule has 0 aliphatic heterocycles. The van der Waals surface area contributed by atoms with E-state index in [1.165, 1.54) is 19.1 Å². The maximum atomic E-state index is 11.8. The highest BCUT2D eigenvalue weighted by molar-refractivity contribution is 7.92. The minimum absolute atomic E-state index is 0.303. The zero-order chi connectivity index (χ0) is 13.2. The Labute approximate surface area is 109 Å². The maximum absolute atomic E-state index is 11.8. The first-order valence-electron chi connectivity index (χ1n) is 6.69. The predicted octanol–water partition coefficient (Wildman–Crippen LogP) is 0.801. The third kappa shape index (κ3) is 2.79. The molecule has 0 amide bonds. The van der Waals surface area contributed by atoms with Crippen LogP contribution >= 0.6 is 0 Å². The Morgan fingerprint density at radius 1 is 1.33 bits per heavy atom. The first-order valence-corrected chi connectivity index (χ1v) is 8.58. The van der Waals surface area contributed by atoms with E-state index in [4.69, 9.17) is 5.73 Å². The van der Waals surface area contributed by atoms with Crippen LogP contribution in [0.3, 0.4) is 0 Å². The smallest absolute Gasteiger partial charge is 0.188 e. The van der Waals surface area contributed by atoms with Gasteiger partial charge in [-0.2, -0.15) is 0 Å². The molecule has 18 heavy (non-hydrogen) atoms. The van der Waals surface area contributed by atoms with Crippen LogP contribution in [-0.4, -0.2) is 38.0 Å². The number of nitrogens with one attached hydrogen (secondary N) is 1. The average molecular weight is 273 g/mol. The predicted molar refractivity (Wildman–Crippen MR) is 73.3 cm³/mol. The Balaban J connectivity index is 1.92. The summed E-state index contributed by atoms with van der Waals surface area (Å²) in [5, 5.41) is 3.18. The SMILES string of the molecule is CS(=O)(=O)C1(CN=C(N)NC2CCCC2)CCC1. The van der Waals surface area contributed by atoms with Crippen molar-refractivity contribution in [1.29, 1.82) is 0 Å². The molecule has 2 aliphatic carbocycles. The van der Waals surface area contributed by atoms with Gasteiger partial charge in [0.1, 0.15) is 0 Å². The van der Waals surface area contributed by atoms with E-state index in [1.807, 2.05) is 0 Å². The van der Waals surface area contributed by atoms with Crippen LogP contribution in [0, 0.1) is 0 Å². The highest BCUT2D eigenvalue weighted by atomic mass is 32.2. The molecule has 0 aromatic carbocycles. The number of hydrogen-bond acceptors (Lipinski definition) is 3. The van der Waals surface area contributed by atoms with Gasteiger partial charge in [0.2, 0.25) is 0 Å². The van der Waals surface area contributed by atoms with Crippen molar-refractivity contribution in [3.05, 3.63) is 0 Å². The molecule has 6 heteroatoms. The maximum Gasteiger partial charge on any atom is 0.188 e. The first kappa shape index (κ1) is 13.6. The summed E-state index contributed by atoms with van der Waals surface area (Å²) in [6.45, 7) is 0.303. The van der Waals surface area contributed by atoms with Gasteiger partial charge < -0.3 is 11.1 Å². The average Bonchev–Trinajstić information content (AvgIpc) is 2.66. The summed E-state index contributed by atoms with van der Waals surface area (Å²) < 4.78 is 22.9. The lowest BCUT2D eigenvalue weighted by molar-refractivity contribution is 0.346. The lowest BCUT2D eigenvalue weighted by Crippen LogP contribution is -2.48. The molecule has 0 aromatic rings. The Morgan fingerprint density at radius 2 is 1.94 bits per heavy atom. The number of sulfone groups is 1. The minimum Gasteiger partial charge on any atom is -0.370 e. The second-order valence-corrected chi connectivity index (χ2v) is 8.05. The number of hydrogen-bond donors (Lipinski definition) is 2. The molecule has 0 radical (unpaired) electrons. The fourth-order valence-electron chi connectivity index (χ4n) is 2.77. The van der Waals surface area contributed by atoms with Crippen LogP contribution in [0.5, 0.6) is 0 Å². The Hall–Kier alpha value is -0.780. The minimum atomic E-state index is -3.04. The van der Waals surface area contributed by atoms with Crippen molar-refractivity contribution in [2.45, 2.75) is 55.7 Å². The number of nitrogens with zero attached hydrogens (tertiary/aromatic N) is 1. The van der Waals surface area contributed by atoms with Gasteiger partial charge in [-0.25, -0.2) is 8.42 Å². The van der Waals surface area contributed by atoms with Crippen LogP contribution in [0.25, 0.3) is 0 Å². The second-order valence-electron chi connectivity index (χ2n) is 5.64. The molecule has 3 N–H and O–H groups in total. The molecule has 2 rings (SSSR count). The summed E-state index contributed by atoms with van der Waals surface area (Å²) in [5.74, 6) is 0.400. The van der Waals surface area contributed by atoms with Gasteiger partial charge in [0.15, 0.2) is 15.8 Å². The summed E-state index contributed by atoms with van der Waals surface area (Å²) >= 11 is 0. The van der Waals surface area contributed by atoms with E-state index in [0.29, 0.717) is 31.4 Å². The zero-order valence-corrected chi connectivity index (χ0v) is 11.8. The Morgan fingerprint density at radius 3 is 2.39 bits per heavy atom. The highest BCUT2D eigenvalue weighted by Gasteiger charge is 2.46. The van der Waals surface area contributed by atoms with E-state index >= 15 is 0 Å². The summed E-state index contributed by atoms with van der Waals surface area (Å²) in [5.41, 5.74) is 5.83. The fourth-order valence-corrected chi connectivity index (χ4v) is 4.10. The Kier molecular flexibility index (Phi) is 3.84. The van der Waals surface area contributed by atoms with E-state index in [-0.39, 0.29) is 0 Å². The van der Waals surface area contributed by atoms with Gasteiger partial charge in [0, 0.05) is 12.3 Å². The van der Waals surface area contributed by atoms with Crippen molar-refractivity contribution in [2.24, 2.45) is 10.7 Å². The summed E-state index contributed by atoms with van der Waals surface area (Å²) in [7, 11) is -3.04. The van der Waals surface area contributed by atoms with Gasteiger partial charge in [-0.3, -0.25) is 4.99 Å². The molecule has 104 valence electrons. The van der Waals surface area contributed by atoms with E-state index < -0.39 is 14.6 Å². The van der Waals surface area contributed by atoms with Crippen molar-refractivity contribution in [2.75, 3.05) is 12.8 Å². The van der Waals surface area contributed by atoms with Gasteiger partial charge in [-0.15, -0.1) is 0 Å². The molecule has 5 nitrogen and oxygen atoms in total. The van der Waals surface area contributed by atoms with Crippen LogP contribution < -0.4 is 11.1 Å². The van der Waals surface area contributed by atoms with Crippen molar-refractivity contribution >= 4 is 15.8 Å². The molecule has 2 aliphatic rings. The topological polar surface area (TPSA) is 84.5 Å². The second kappa shape index (κ2) is 5.07. The van der Waals surface area contributed by atoms with Crippen molar-refractivity contribution in [3.63, 3.8) is 0 Å².